The Bertz CT molecular complexity index is 970. The molecule has 0 radical (unpaired) electrons. The van der Waals surface area contributed by atoms with Crippen LogP contribution in [-0.4, -0.2) is 18.0 Å². The van der Waals surface area contributed by atoms with E-state index in [1.807, 2.05) is 5.32 Å². The summed E-state index contributed by atoms with van der Waals surface area (Å²) >= 11 is 12.8. The standard InChI is InChI=1S/C24H26Cl2F2N2O3/c1-2-7-20(14-8-4-3-5-9-14)33-22-16(25)12-15(13-17(22)26)29-24(32)30-23(31)21-18(27)10-6-11-19(21)28/h6,10-14,20H,2-5,7-9H2,1H3,(H2,29,30,31,32). The number of urea groups is 1. The van der Waals surface area contributed by atoms with Gasteiger partial charge in [0.05, 0.1) is 10.0 Å². The van der Waals surface area contributed by atoms with Gasteiger partial charge in [-0.15, -0.1) is 0 Å². The molecule has 9 heteroatoms. The molecule has 0 spiro atoms. The fraction of sp³-hybridized carbons (Fsp3) is 0.417. The number of amides is 3. The van der Waals surface area contributed by atoms with Crippen LogP contribution in [0.25, 0.3) is 0 Å². The molecular formula is C24H26Cl2F2N2O3. The number of hydrogen-bond acceptors (Lipinski definition) is 3. The van der Waals surface area contributed by atoms with E-state index in [-0.39, 0.29) is 21.8 Å². The van der Waals surface area contributed by atoms with Crippen LogP contribution < -0.4 is 15.4 Å². The average molecular weight is 499 g/mol. The molecule has 2 aromatic carbocycles. The van der Waals surface area contributed by atoms with Crippen molar-refractivity contribution in [3.63, 3.8) is 0 Å². The van der Waals surface area contributed by atoms with Crippen LogP contribution in [0, 0.1) is 17.6 Å². The molecule has 2 aromatic rings. The fourth-order valence-corrected chi connectivity index (χ4v) is 4.70. The van der Waals surface area contributed by atoms with Crippen molar-refractivity contribution in [2.45, 2.75) is 58.0 Å². The zero-order valence-corrected chi connectivity index (χ0v) is 19.7. The van der Waals surface area contributed by atoms with E-state index in [9.17, 15) is 18.4 Å². The monoisotopic (exact) mass is 498 g/mol. The van der Waals surface area contributed by atoms with Crippen molar-refractivity contribution in [2.24, 2.45) is 5.92 Å². The molecule has 0 aromatic heterocycles. The summed E-state index contributed by atoms with van der Waals surface area (Å²) in [5.74, 6) is -2.58. The Morgan fingerprint density at radius 1 is 1.09 bits per heavy atom. The fourth-order valence-electron chi connectivity index (χ4n) is 4.12. The van der Waals surface area contributed by atoms with Gasteiger partial charge in [0.2, 0.25) is 0 Å². The molecule has 1 saturated carbocycles. The minimum Gasteiger partial charge on any atom is -0.487 e. The molecule has 1 aliphatic rings. The van der Waals surface area contributed by atoms with Crippen LogP contribution in [0.3, 0.4) is 0 Å². The lowest BCUT2D eigenvalue weighted by molar-refractivity contribution is 0.0958. The summed E-state index contributed by atoms with van der Waals surface area (Å²) in [5, 5.41) is 4.70. The summed E-state index contributed by atoms with van der Waals surface area (Å²) in [5.41, 5.74) is -0.654. The lowest BCUT2D eigenvalue weighted by atomic mass is 9.83. The normalized spacial score (nSPS) is 15.1. The molecule has 0 heterocycles. The van der Waals surface area contributed by atoms with Gasteiger partial charge >= 0.3 is 6.03 Å². The first kappa shape index (κ1) is 25.2. The van der Waals surface area contributed by atoms with Crippen LogP contribution in [0.1, 0.15) is 62.2 Å². The second kappa shape index (κ2) is 11.7. The number of halogens is 4. The smallest absolute Gasteiger partial charge is 0.326 e. The molecule has 1 fully saturated rings. The van der Waals surface area contributed by atoms with Gasteiger partial charge in [0, 0.05) is 5.69 Å². The third-order valence-corrected chi connectivity index (χ3v) is 6.25. The Morgan fingerprint density at radius 2 is 1.70 bits per heavy atom. The number of hydrogen-bond donors (Lipinski definition) is 2. The van der Waals surface area contributed by atoms with Crippen molar-refractivity contribution >= 4 is 40.8 Å². The molecule has 0 bridgehead atoms. The number of nitrogens with one attached hydrogen (secondary N) is 2. The number of anilines is 1. The van der Waals surface area contributed by atoms with E-state index >= 15 is 0 Å². The van der Waals surface area contributed by atoms with Gasteiger partial charge in [0.15, 0.2) is 5.75 Å². The molecular weight excluding hydrogens is 473 g/mol. The Hall–Kier alpha value is -2.38. The van der Waals surface area contributed by atoms with Gasteiger partial charge in [-0.05, 0) is 49.4 Å². The highest BCUT2D eigenvalue weighted by Gasteiger charge is 2.26. The maximum absolute atomic E-state index is 13.7. The maximum Gasteiger partial charge on any atom is 0.326 e. The highest BCUT2D eigenvalue weighted by Crippen LogP contribution is 2.39. The lowest BCUT2D eigenvalue weighted by Crippen LogP contribution is -2.35. The molecule has 1 unspecified atom stereocenters. The van der Waals surface area contributed by atoms with Crippen molar-refractivity contribution in [3.05, 3.63) is 57.6 Å². The summed E-state index contributed by atoms with van der Waals surface area (Å²) in [4.78, 5) is 24.3. The Kier molecular flexibility index (Phi) is 8.92. The number of rotatable bonds is 7. The molecule has 0 aliphatic heterocycles. The zero-order chi connectivity index (χ0) is 24.0. The van der Waals surface area contributed by atoms with E-state index < -0.39 is 29.1 Å². The highest BCUT2D eigenvalue weighted by molar-refractivity contribution is 6.37. The molecule has 1 atom stereocenters. The zero-order valence-electron chi connectivity index (χ0n) is 18.2. The van der Waals surface area contributed by atoms with Crippen LogP contribution in [-0.2, 0) is 0 Å². The van der Waals surface area contributed by atoms with Gasteiger partial charge < -0.3 is 10.1 Å². The third kappa shape index (κ3) is 6.58. The van der Waals surface area contributed by atoms with Gasteiger partial charge in [-0.3, -0.25) is 10.1 Å². The lowest BCUT2D eigenvalue weighted by Gasteiger charge is -2.31. The Balaban J connectivity index is 1.69. The van der Waals surface area contributed by atoms with E-state index in [0.29, 0.717) is 11.7 Å². The molecule has 2 N–H and O–H groups in total. The molecule has 178 valence electrons. The van der Waals surface area contributed by atoms with Gasteiger partial charge in [0.1, 0.15) is 23.3 Å². The minimum atomic E-state index is -1.21. The number of ether oxygens (including phenoxy) is 1. The molecule has 33 heavy (non-hydrogen) atoms. The average Bonchev–Trinajstić information content (AvgIpc) is 2.76. The predicted octanol–water partition coefficient (Wildman–Crippen LogP) is 7.36. The van der Waals surface area contributed by atoms with Gasteiger partial charge in [-0.1, -0.05) is 61.9 Å². The number of benzene rings is 2. The van der Waals surface area contributed by atoms with E-state index in [0.717, 1.165) is 43.9 Å². The van der Waals surface area contributed by atoms with E-state index in [1.165, 1.54) is 31.4 Å². The summed E-state index contributed by atoms with van der Waals surface area (Å²) in [6.45, 7) is 2.10. The van der Waals surface area contributed by atoms with Gasteiger partial charge in [0.25, 0.3) is 5.91 Å². The summed E-state index contributed by atoms with van der Waals surface area (Å²) < 4.78 is 33.7. The van der Waals surface area contributed by atoms with Crippen molar-refractivity contribution in [2.75, 3.05) is 5.32 Å². The first-order chi connectivity index (χ1) is 15.8. The van der Waals surface area contributed by atoms with Gasteiger partial charge in [-0.25, -0.2) is 13.6 Å². The highest BCUT2D eigenvalue weighted by atomic mass is 35.5. The Labute approximate surface area is 201 Å². The van der Waals surface area contributed by atoms with E-state index in [4.69, 9.17) is 27.9 Å². The molecule has 5 nitrogen and oxygen atoms in total. The van der Waals surface area contributed by atoms with Crippen LogP contribution in [0.4, 0.5) is 19.3 Å². The summed E-state index contributed by atoms with van der Waals surface area (Å²) in [6, 6.07) is 4.87. The van der Waals surface area contributed by atoms with E-state index in [1.54, 1.807) is 0 Å². The second-order valence-electron chi connectivity index (χ2n) is 8.12. The molecule has 0 saturated heterocycles. The first-order valence-electron chi connectivity index (χ1n) is 11.0. The number of carbonyl (C=O) groups is 2. The topological polar surface area (TPSA) is 67.4 Å². The van der Waals surface area contributed by atoms with Crippen molar-refractivity contribution in [1.29, 1.82) is 0 Å². The van der Waals surface area contributed by atoms with Crippen molar-refractivity contribution in [3.8, 4) is 5.75 Å². The van der Waals surface area contributed by atoms with Crippen molar-refractivity contribution in [1.82, 2.24) is 5.32 Å². The van der Waals surface area contributed by atoms with Gasteiger partial charge in [-0.2, -0.15) is 0 Å². The quantitative estimate of drug-likeness (QED) is 0.418. The largest absolute Gasteiger partial charge is 0.487 e. The predicted molar refractivity (Wildman–Crippen MR) is 125 cm³/mol. The minimum absolute atomic E-state index is 0.000643. The summed E-state index contributed by atoms with van der Waals surface area (Å²) in [7, 11) is 0. The summed E-state index contributed by atoms with van der Waals surface area (Å²) in [6.07, 6.45) is 7.67. The van der Waals surface area contributed by atoms with Crippen LogP contribution in [0.5, 0.6) is 5.75 Å². The molecule has 1 aliphatic carbocycles. The van der Waals surface area contributed by atoms with Crippen LogP contribution in [0.2, 0.25) is 10.0 Å². The molecule has 3 rings (SSSR count). The second-order valence-corrected chi connectivity index (χ2v) is 8.93. The number of imide groups is 1. The first-order valence-corrected chi connectivity index (χ1v) is 11.8. The maximum atomic E-state index is 13.7. The Morgan fingerprint density at radius 3 is 2.27 bits per heavy atom. The van der Waals surface area contributed by atoms with Crippen molar-refractivity contribution < 1.29 is 23.1 Å². The van der Waals surface area contributed by atoms with Crippen LogP contribution >= 0.6 is 23.2 Å². The van der Waals surface area contributed by atoms with E-state index in [2.05, 4.69) is 12.2 Å². The SMILES string of the molecule is CCCC(Oc1c(Cl)cc(NC(=O)NC(=O)c2c(F)cccc2F)cc1Cl)C1CCCCC1. The number of carbonyl (C=O) groups excluding carboxylic acids is 2. The molecule has 3 amide bonds. The third-order valence-electron chi connectivity index (χ3n) is 5.69. The van der Waals surface area contributed by atoms with Crippen LogP contribution in [0.15, 0.2) is 30.3 Å².